The summed E-state index contributed by atoms with van der Waals surface area (Å²) in [5, 5.41) is 24.5. The minimum absolute atomic E-state index is 0.0920. The number of aromatic nitrogens is 1. The van der Waals surface area contributed by atoms with Crippen molar-refractivity contribution in [1.82, 2.24) is 20.5 Å². The van der Waals surface area contributed by atoms with Crippen LogP contribution < -0.4 is 16.4 Å². The van der Waals surface area contributed by atoms with Gasteiger partial charge in [-0.25, -0.2) is 4.79 Å². The number of likely N-dealkylation sites (tertiary alicyclic amines) is 1. The summed E-state index contributed by atoms with van der Waals surface area (Å²) in [4.78, 5) is 66.3. The number of carboxylic acids is 2. The second-order valence-electron chi connectivity index (χ2n) is 9.59. The predicted octanol–water partition coefficient (Wildman–Crippen LogP) is 0.214. The van der Waals surface area contributed by atoms with E-state index in [-0.39, 0.29) is 13.0 Å². The molecule has 1 fully saturated rings. The quantitative estimate of drug-likeness (QED) is 0.244. The standard InChI is InChI=1S/C25H33N5O7/c1-13(2)21(29-22(33)16(26)11-20(31)32)23(34)28-18(24(35)30-9-5-8-19(30)25(36)37)10-14-12-27-17-7-4-3-6-15(14)17/h3-4,6-7,12-13,16,18-19,21,27H,5,8-11,26H2,1-2H3,(H,28,34)(H,29,33)(H,31,32)(H,36,37). The number of rotatable bonds is 11. The summed E-state index contributed by atoms with van der Waals surface area (Å²) in [5.41, 5.74) is 7.25. The number of H-pyrrole nitrogens is 1. The highest BCUT2D eigenvalue weighted by molar-refractivity contribution is 5.95. The molecule has 3 amide bonds. The van der Waals surface area contributed by atoms with Gasteiger partial charge in [0, 0.05) is 30.1 Å². The summed E-state index contributed by atoms with van der Waals surface area (Å²) in [6.07, 6.45) is 2.08. The van der Waals surface area contributed by atoms with Crippen molar-refractivity contribution in [2.24, 2.45) is 11.7 Å². The molecule has 4 atom stereocenters. The van der Waals surface area contributed by atoms with Gasteiger partial charge in [0.15, 0.2) is 0 Å². The van der Waals surface area contributed by atoms with Gasteiger partial charge in [-0.2, -0.15) is 0 Å². The van der Waals surface area contributed by atoms with Crippen LogP contribution in [0.1, 0.15) is 38.7 Å². The lowest BCUT2D eigenvalue weighted by atomic mass is 9.99. The molecular weight excluding hydrogens is 482 g/mol. The monoisotopic (exact) mass is 515 g/mol. The average Bonchev–Trinajstić information content (AvgIpc) is 3.48. The van der Waals surface area contributed by atoms with Gasteiger partial charge in [0.25, 0.3) is 0 Å². The van der Waals surface area contributed by atoms with Gasteiger partial charge in [0.2, 0.25) is 17.7 Å². The molecule has 200 valence electrons. The number of carbonyl (C=O) groups is 5. The number of fused-ring (bicyclic) bond motifs is 1. The van der Waals surface area contributed by atoms with E-state index < -0.39 is 66.2 Å². The molecule has 4 unspecified atom stereocenters. The van der Waals surface area contributed by atoms with Gasteiger partial charge < -0.3 is 36.5 Å². The summed E-state index contributed by atoms with van der Waals surface area (Å²) in [6.45, 7) is 3.62. The second kappa shape index (κ2) is 11.9. The smallest absolute Gasteiger partial charge is 0.326 e. The Hall–Kier alpha value is -3.93. The summed E-state index contributed by atoms with van der Waals surface area (Å²) < 4.78 is 0. The molecule has 0 saturated carbocycles. The Balaban J connectivity index is 1.86. The molecule has 0 spiro atoms. The molecule has 1 aromatic heterocycles. The summed E-state index contributed by atoms with van der Waals surface area (Å²) >= 11 is 0. The van der Waals surface area contributed by atoms with Crippen molar-refractivity contribution in [3.8, 4) is 0 Å². The fraction of sp³-hybridized carbons (Fsp3) is 0.480. The molecule has 37 heavy (non-hydrogen) atoms. The molecule has 1 aliphatic rings. The zero-order chi connectivity index (χ0) is 27.3. The van der Waals surface area contributed by atoms with E-state index in [4.69, 9.17) is 10.8 Å². The number of hydrogen-bond donors (Lipinski definition) is 6. The van der Waals surface area contributed by atoms with Crippen LogP contribution in [0, 0.1) is 5.92 Å². The van der Waals surface area contributed by atoms with Crippen molar-refractivity contribution >= 4 is 40.6 Å². The number of nitrogens with two attached hydrogens (primary N) is 1. The van der Waals surface area contributed by atoms with Gasteiger partial charge in [0.1, 0.15) is 18.1 Å². The maximum Gasteiger partial charge on any atom is 0.326 e. The van der Waals surface area contributed by atoms with Crippen LogP contribution in [0.3, 0.4) is 0 Å². The Morgan fingerprint density at radius 1 is 1.11 bits per heavy atom. The SMILES string of the molecule is CC(C)C(NC(=O)C(N)CC(=O)O)C(=O)NC(Cc1c[nH]c2ccccc12)C(=O)N1CCCC1C(=O)O. The molecule has 0 bridgehead atoms. The van der Waals surface area contributed by atoms with Crippen LogP contribution in [-0.4, -0.2) is 80.5 Å². The van der Waals surface area contributed by atoms with Crippen molar-refractivity contribution in [2.45, 2.75) is 63.7 Å². The van der Waals surface area contributed by atoms with Crippen LogP contribution in [0.25, 0.3) is 10.9 Å². The first-order chi connectivity index (χ1) is 17.5. The highest BCUT2D eigenvalue weighted by Crippen LogP contribution is 2.23. The molecule has 2 heterocycles. The zero-order valence-electron chi connectivity index (χ0n) is 20.8. The van der Waals surface area contributed by atoms with Gasteiger partial charge in [-0.3, -0.25) is 19.2 Å². The Labute approximate surface area is 213 Å². The van der Waals surface area contributed by atoms with E-state index in [1.54, 1.807) is 20.0 Å². The third-order valence-electron chi connectivity index (χ3n) is 6.51. The van der Waals surface area contributed by atoms with E-state index in [2.05, 4.69) is 15.6 Å². The van der Waals surface area contributed by atoms with E-state index in [9.17, 15) is 29.1 Å². The third-order valence-corrected chi connectivity index (χ3v) is 6.51. The van der Waals surface area contributed by atoms with E-state index in [0.717, 1.165) is 16.5 Å². The number of carbonyl (C=O) groups excluding carboxylic acids is 3. The van der Waals surface area contributed by atoms with Gasteiger partial charge in [-0.05, 0) is 30.4 Å². The van der Waals surface area contributed by atoms with Crippen LogP contribution in [0.2, 0.25) is 0 Å². The number of para-hydroxylation sites is 1. The van der Waals surface area contributed by atoms with Gasteiger partial charge in [-0.15, -0.1) is 0 Å². The number of nitrogens with zero attached hydrogens (tertiary/aromatic N) is 1. The predicted molar refractivity (Wildman–Crippen MR) is 133 cm³/mol. The molecule has 3 rings (SSSR count). The van der Waals surface area contributed by atoms with Crippen molar-refractivity contribution in [3.05, 3.63) is 36.0 Å². The molecule has 0 radical (unpaired) electrons. The molecule has 1 aliphatic heterocycles. The van der Waals surface area contributed by atoms with Gasteiger partial charge in [-0.1, -0.05) is 32.0 Å². The lowest BCUT2D eigenvalue weighted by molar-refractivity contribution is -0.149. The van der Waals surface area contributed by atoms with Crippen LogP contribution in [0.4, 0.5) is 0 Å². The van der Waals surface area contributed by atoms with Crippen molar-refractivity contribution < 1.29 is 34.2 Å². The maximum absolute atomic E-state index is 13.6. The normalized spacial score (nSPS) is 17.8. The van der Waals surface area contributed by atoms with Crippen molar-refractivity contribution in [1.29, 1.82) is 0 Å². The Morgan fingerprint density at radius 2 is 1.81 bits per heavy atom. The number of hydrogen-bond acceptors (Lipinski definition) is 6. The van der Waals surface area contributed by atoms with Crippen molar-refractivity contribution in [2.75, 3.05) is 6.54 Å². The number of amides is 3. The number of benzene rings is 1. The number of carboxylic acid groups (broad SMARTS) is 2. The van der Waals surface area contributed by atoms with Crippen molar-refractivity contribution in [3.63, 3.8) is 0 Å². The molecule has 7 N–H and O–H groups in total. The first-order valence-electron chi connectivity index (χ1n) is 12.2. The fourth-order valence-corrected chi connectivity index (χ4v) is 4.55. The van der Waals surface area contributed by atoms with E-state index in [1.165, 1.54) is 4.90 Å². The number of aromatic amines is 1. The van der Waals surface area contributed by atoms with Gasteiger partial charge >= 0.3 is 11.9 Å². The topological polar surface area (TPSA) is 195 Å². The minimum Gasteiger partial charge on any atom is -0.481 e. The molecule has 12 heteroatoms. The lowest BCUT2D eigenvalue weighted by Crippen LogP contribution is -2.59. The highest BCUT2D eigenvalue weighted by Gasteiger charge is 2.39. The largest absolute Gasteiger partial charge is 0.481 e. The first kappa shape index (κ1) is 27.7. The zero-order valence-corrected chi connectivity index (χ0v) is 20.8. The molecule has 0 aliphatic carbocycles. The molecular formula is C25H33N5O7. The number of nitrogens with one attached hydrogen (secondary N) is 3. The second-order valence-corrected chi connectivity index (χ2v) is 9.59. The van der Waals surface area contributed by atoms with E-state index >= 15 is 0 Å². The third kappa shape index (κ3) is 6.64. The highest BCUT2D eigenvalue weighted by atomic mass is 16.4. The van der Waals surface area contributed by atoms with Crippen LogP contribution >= 0.6 is 0 Å². The summed E-state index contributed by atoms with van der Waals surface area (Å²) in [5.74, 6) is -4.77. The van der Waals surface area contributed by atoms with Crippen LogP contribution in [0.15, 0.2) is 30.5 Å². The fourth-order valence-electron chi connectivity index (χ4n) is 4.55. The van der Waals surface area contributed by atoms with Crippen LogP contribution in [-0.2, 0) is 30.4 Å². The summed E-state index contributed by atoms with van der Waals surface area (Å²) in [7, 11) is 0. The lowest BCUT2D eigenvalue weighted by Gasteiger charge is -2.30. The molecule has 12 nitrogen and oxygen atoms in total. The Bertz CT molecular complexity index is 1180. The number of aliphatic carboxylic acids is 2. The maximum atomic E-state index is 13.6. The average molecular weight is 516 g/mol. The van der Waals surface area contributed by atoms with E-state index in [1.807, 2.05) is 24.3 Å². The minimum atomic E-state index is -1.35. The Kier molecular flexibility index (Phi) is 8.87. The first-order valence-corrected chi connectivity index (χ1v) is 12.2. The van der Waals surface area contributed by atoms with Crippen LogP contribution in [0.5, 0.6) is 0 Å². The summed E-state index contributed by atoms with van der Waals surface area (Å²) in [6, 6.07) is 2.93. The van der Waals surface area contributed by atoms with E-state index in [0.29, 0.717) is 12.8 Å². The molecule has 1 aromatic carbocycles. The van der Waals surface area contributed by atoms with Gasteiger partial charge in [0.05, 0.1) is 12.5 Å². The molecule has 1 saturated heterocycles. The molecule has 2 aromatic rings. The Morgan fingerprint density at radius 3 is 2.46 bits per heavy atom.